The number of likely N-dealkylation sites (tertiary alicyclic amines) is 2. The molecule has 0 bridgehead atoms. The number of piperidine rings is 1. The lowest BCUT2D eigenvalue weighted by molar-refractivity contribution is -0.129. The van der Waals surface area contributed by atoms with Crippen LogP contribution in [0.3, 0.4) is 0 Å². The topological polar surface area (TPSA) is 78.5 Å². The van der Waals surface area contributed by atoms with Crippen LogP contribution in [0.1, 0.15) is 30.5 Å². The van der Waals surface area contributed by atoms with Gasteiger partial charge in [0.2, 0.25) is 5.91 Å². The van der Waals surface area contributed by atoms with Crippen LogP contribution in [-0.4, -0.2) is 60.9 Å². The first-order chi connectivity index (χ1) is 14.6. The molecule has 0 unspecified atom stereocenters. The second kappa shape index (κ2) is 9.20. The summed E-state index contributed by atoms with van der Waals surface area (Å²) >= 11 is 2.44. The summed E-state index contributed by atoms with van der Waals surface area (Å²) in [6, 6.07) is 9.70. The molecule has 2 saturated heterocycles. The predicted molar refractivity (Wildman–Crippen MR) is 122 cm³/mol. The number of ether oxygens (including phenoxy) is 1. The van der Waals surface area contributed by atoms with Gasteiger partial charge >= 0.3 is 6.09 Å². The van der Waals surface area contributed by atoms with Crippen molar-refractivity contribution < 1.29 is 14.3 Å². The molecule has 1 spiro atoms. The molecule has 2 atom stereocenters. The monoisotopic (exact) mass is 520 g/mol. The Balaban J connectivity index is 1.44. The van der Waals surface area contributed by atoms with E-state index in [1.807, 2.05) is 40.1 Å². The summed E-state index contributed by atoms with van der Waals surface area (Å²) in [6.07, 6.45) is 8.93. The van der Waals surface area contributed by atoms with Crippen molar-refractivity contribution in [2.45, 2.75) is 35.3 Å². The molecule has 0 radical (unpaired) electrons. The molecule has 1 aromatic carbocycles. The molecule has 3 heterocycles. The number of nitrogens with zero attached hydrogens (tertiary/aromatic N) is 3. The van der Waals surface area contributed by atoms with Crippen LogP contribution in [-0.2, 0) is 16.1 Å². The maximum atomic E-state index is 13.0. The van der Waals surface area contributed by atoms with Crippen LogP contribution in [0.2, 0.25) is 0 Å². The van der Waals surface area contributed by atoms with Crippen LogP contribution in [0.4, 0.5) is 4.79 Å². The third-order valence-corrected chi connectivity index (χ3v) is 7.67. The summed E-state index contributed by atoms with van der Waals surface area (Å²) < 4.78 is 5.92. The van der Waals surface area contributed by atoms with Gasteiger partial charge in [-0.05, 0) is 30.9 Å². The highest BCUT2D eigenvalue weighted by atomic mass is 127. The zero-order valence-corrected chi connectivity index (χ0v) is 18.8. The van der Waals surface area contributed by atoms with Crippen molar-refractivity contribution in [3.8, 4) is 0 Å². The Morgan fingerprint density at radius 3 is 2.90 bits per heavy atom. The van der Waals surface area contributed by atoms with E-state index in [2.05, 4.69) is 32.6 Å². The second-order valence-electron chi connectivity index (χ2n) is 7.76. The van der Waals surface area contributed by atoms with Gasteiger partial charge in [0, 0.05) is 29.6 Å². The minimum Gasteiger partial charge on any atom is -0.445 e. The lowest BCUT2D eigenvalue weighted by Crippen LogP contribution is -2.63. The van der Waals surface area contributed by atoms with Crippen LogP contribution in [0.25, 0.3) is 6.08 Å². The first-order valence-corrected chi connectivity index (χ1v) is 11.4. The van der Waals surface area contributed by atoms with Gasteiger partial charge in [0.05, 0.1) is 23.8 Å². The Hall–Kier alpha value is -2.36. The number of aromatic nitrogens is 2. The van der Waals surface area contributed by atoms with E-state index in [4.69, 9.17) is 4.74 Å². The normalized spacial score (nSPS) is 24.0. The van der Waals surface area contributed by atoms with Crippen LogP contribution in [0.5, 0.6) is 0 Å². The Labute approximate surface area is 189 Å². The smallest absolute Gasteiger partial charge is 0.410 e. The van der Waals surface area contributed by atoms with Gasteiger partial charge in [0.25, 0.3) is 0 Å². The maximum Gasteiger partial charge on any atom is 0.410 e. The number of nitrogens with one attached hydrogen (secondary N) is 1. The number of hydrogen-bond donors (Lipinski definition) is 1. The number of amides is 2. The second-order valence-corrected chi connectivity index (χ2v) is 9.26. The average molecular weight is 520 g/mol. The zero-order chi connectivity index (χ0) is 21.0. The van der Waals surface area contributed by atoms with Crippen molar-refractivity contribution in [1.82, 2.24) is 19.8 Å². The average Bonchev–Trinajstić information content (AvgIpc) is 3.44. The highest BCUT2D eigenvalue weighted by Crippen LogP contribution is 2.41. The summed E-state index contributed by atoms with van der Waals surface area (Å²) in [7, 11) is 0. The molecule has 8 heteroatoms. The Kier molecular flexibility index (Phi) is 6.40. The summed E-state index contributed by atoms with van der Waals surface area (Å²) in [4.78, 5) is 36.4. The molecule has 2 fully saturated rings. The number of imidazole rings is 1. The van der Waals surface area contributed by atoms with E-state index in [0.717, 1.165) is 30.5 Å². The Bertz CT molecular complexity index is 902. The molecule has 4 rings (SSSR count). The molecular weight excluding hydrogens is 495 g/mol. The van der Waals surface area contributed by atoms with Crippen molar-refractivity contribution in [3.05, 3.63) is 60.2 Å². The van der Waals surface area contributed by atoms with Gasteiger partial charge in [0.1, 0.15) is 6.61 Å². The summed E-state index contributed by atoms with van der Waals surface area (Å²) in [5.74, 6) is -0.0447. The van der Waals surface area contributed by atoms with E-state index in [1.165, 1.54) is 0 Å². The number of hydrogen-bond acceptors (Lipinski definition) is 4. The van der Waals surface area contributed by atoms with Crippen LogP contribution >= 0.6 is 22.6 Å². The quantitative estimate of drug-likeness (QED) is 0.380. The lowest BCUT2D eigenvalue weighted by atomic mass is 9.86. The first kappa shape index (κ1) is 20.9. The molecule has 30 heavy (non-hydrogen) atoms. The predicted octanol–water partition coefficient (Wildman–Crippen LogP) is 3.63. The number of carbonyl (C=O) groups excluding carboxylic acids is 2. The highest BCUT2D eigenvalue weighted by Gasteiger charge is 2.52. The van der Waals surface area contributed by atoms with Crippen molar-refractivity contribution in [2.24, 2.45) is 0 Å². The molecule has 2 aliphatic rings. The lowest BCUT2D eigenvalue weighted by Gasteiger charge is -2.48. The SMILES string of the molecule is O=C(/C=C/c1cnc[nH]1)N1CC[C@H](I)[C@]2(CCCN2C(=O)OCc2ccccc2)C1. The van der Waals surface area contributed by atoms with Gasteiger partial charge in [0.15, 0.2) is 0 Å². The third-order valence-electron chi connectivity index (χ3n) is 5.89. The molecule has 1 aromatic heterocycles. The molecule has 158 valence electrons. The fraction of sp³-hybridized carbons (Fsp3) is 0.409. The van der Waals surface area contributed by atoms with Gasteiger partial charge in [-0.3, -0.25) is 9.69 Å². The van der Waals surface area contributed by atoms with Crippen molar-refractivity contribution in [1.29, 1.82) is 0 Å². The fourth-order valence-electron chi connectivity index (χ4n) is 4.32. The largest absolute Gasteiger partial charge is 0.445 e. The van der Waals surface area contributed by atoms with Crippen LogP contribution < -0.4 is 0 Å². The van der Waals surface area contributed by atoms with Crippen LogP contribution in [0, 0.1) is 0 Å². The van der Waals surface area contributed by atoms with Gasteiger partial charge < -0.3 is 14.6 Å². The molecule has 2 aromatic rings. The minimum atomic E-state index is -0.371. The number of alkyl halides is 1. The minimum absolute atomic E-state index is 0.0447. The fourth-order valence-corrected chi connectivity index (χ4v) is 5.44. The summed E-state index contributed by atoms with van der Waals surface area (Å²) in [5.41, 5.74) is 1.38. The van der Waals surface area contributed by atoms with Gasteiger partial charge in [-0.15, -0.1) is 0 Å². The van der Waals surface area contributed by atoms with E-state index in [1.54, 1.807) is 24.7 Å². The standard InChI is InChI=1S/C22H25IN4O3/c23-19-9-12-26(20(28)8-7-18-13-24-16-25-18)15-22(19)10-4-11-27(22)21(29)30-14-17-5-2-1-3-6-17/h1-3,5-8,13,16,19H,4,9-12,14-15H2,(H,24,25)/b8-7+/t19-,22-/m0/s1. The third kappa shape index (κ3) is 4.38. The van der Waals surface area contributed by atoms with Crippen molar-refractivity contribution in [2.75, 3.05) is 19.6 Å². The molecule has 0 aliphatic carbocycles. The maximum absolute atomic E-state index is 13.0. The van der Waals surface area contributed by atoms with Gasteiger partial charge in [-0.2, -0.15) is 0 Å². The Morgan fingerprint density at radius 2 is 2.13 bits per heavy atom. The van der Waals surface area contributed by atoms with E-state index < -0.39 is 0 Å². The number of H-pyrrole nitrogens is 1. The molecule has 0 saturated carbocycles. The molecule has 2 amide bonds. The number of benzene rings is 1. The van der Waals surface area contributed by atoms with Crippen LogP contribution in [0.15, 0.2) is 48.9 Å². The van der Waals surface area contributed by atoms with Crippen molar-refractivity contribution in [3.63, 3.8) is 0 Å². The summed E-state index contributed by atoms with van der Waals surface area (Å²) in [6.45, 7) is 2.15. The first-order valence-electron chi connectivity index (χ1n) is 10.2. The number of halogens is 1. The number of carbonyl (C=O) groups is 2. The van der Waals surface area contributed by atoms with E-state index in [-0.39, 0.29) is 28.1 Å². The van der Waals surface area contributed by atoms with E-state index in [9.17, 15) is 9.59 Å². The molecular formula is C22H25IN4O3. The van der Waals surface area contributed by atoms with E-state index in [0.29, 0.717) is 19.6 Å². The Morgan fingerprint density at radius 1 is 1.30 bits per heavy atom. The van der Waals surface area contributed by atoms with Gasteiger partial charge in [-0.1, -0.05) is 52.9 Å². The molecule has 7 nitrogen and oxygen atoms in total. The molecule has 1 N–H and O–H groups in total. The number of aromatic amines is 1. The summed E-state index contributed by atoms with van der Waals surface area (Å²) in [5, 5.41) is 0. The van der Waals surface area contributed by atoms with Crippen molar-refractivity contribution >= 4 is 40.7 Å². The number of rotatable bonds is 4. The zero-order valence-electron chi connectivity index (χ0n) is 16.7. The molecule has 2 aliphatic heterocycles. The highest BCUT2D eigenvalue weighted by molar-refractivity contribution is 14.1. The van der Waals surface area contributed by atoms with Gasteiger partial charge in [-0.25, -0.2) is 9.78 Å². The van der Waals surface area contributed by atoms with E-state index >= 15 is 0 Å².